The van der Waals surface area contributed by atoms with Crippen LogP contribution in [0.4, 0.5) is 4.39 Å². The Morgan fingerprint density at radius 1 is 1.28 bits per heavy atom. The Labute approximate surface area is 185 Å². The monoisotopic (exact) mass is 437 g/mol. The van der Waals surface area contributed by atoms with Gasteiger partial charge in [-0.15, -0.1) is 0 Å². The molecule has 0 saturated heterocycles. The van der Waals surface area contributed by atoms with E-state index in [2.05, 4.69) is 10.2 Å². The second-order valence-corrected chi connectivity index (χ2v) is 8.01. The van der Waals surface area contributed by atoms with Crippen LogP contribution in [0.15, 0.2) is 42.7 Å². The van der Waals surface area contributed by atoms with Crippen LogP contribution in [0.1, 0.15) is 21.5 Å². The number of ether oxygens (including phenoxy) is 2. The molecule has 0 radical (unpaired) electrons. The van der Waals surface area contributed by atoms with Crippen LogP contribution in [0.2, 0.25) is 0 Å². The van der Waals surface area contributed by atoms with Crippen LogP contribution in [0.25, 0.3) is 11.1 Å². The number of carbonyl (C=O) groups excluding carboxylic acids is 2. The van der Waals surface area contributed by atoms with Crippen molar-refractivity contribution in [2.24, 2.45) is 5.92 Å². The molecule has 1 amide bonds. The van der Waals surface area contributed by atoms with Gasteiger partial charge in [-0.1, -0.05) is 0 Å². The predicted molar refractivity (Wildman–Crippen MR) is 116 cm³/mol. The first-order chi connectivity index (χ1) is 15.4. The van der Waals surface area contributed by atoms with E-state index in [1.807, 2.05) is 0 Å². The van der Waals surface area contributed by atoms with Gasteiger partial charge in [0.1, 0.15) is 23.1 Å². The van der Waals surface area contributed by atoms with Crippen LogP contribution < -0.4 is 9.47 Å². The van der Waals surface area contributed by atoms with Crippen molar-refractivity contribution in [2.75, 3.05) is 27.8 Å². The topological polar surface area (TPSA) is 84.5 Å². The maximum Gasteiger partial charge on any atom is 0.253 e. The van der Waals surface area contributed by atoms with Crippen molar-refractivity contribution in [2.45, 2.75) is 12.8 Å². The van der Waals surface area contributed by atoms with Crippen LogP contribution in [-0.4, -0.2) is 54.6 Å². The summed E-state index contributed by atoms with van der Waals surface area (Å²) in [6.45, 7) is 0.241. The highest BCUT2D eigenvalue weighted by atomic mass is 19.1. The SMILES string of the molecule is COc1cc(-c2cn[nH]c2)c(F)cc1CC(=O)C1COc2ccc(C(=O)N(C)C)cc2C1. The second kappa shape index (κ2) is 8.82. The van der Waals surface area contributed by atoms with Gasteiger partial charge in [0, 0.05) is 49.0 Å². The van der Waals surface area contributed by atoms with E-state index in [0.717, 1.165) is 5.56 Å². The zero-order valence-corrected chi connectivity index (χ0v) is 18.1. The number of hydrogen-bond donors (Lipinski definition) is 1. The highest BCUT2D eigenvalue weighted by molar-refractivity contribution is 5.94. The number of fused-ring (bicyclic) bond motifs is 1. The third kappa shape index (κ3) is 4.21. The summed E-state index contributed by atoms with van der Waals surface area (Å²) in [7, 11) is 4.87. The number of nitrogens with one attached hydrogen (secondary N) is 1. The molecule has 166 valence electrons. The van der Waals surface area contributed by atoms with E-state index in [1.54, 1.807) is 44.6 Å². The fraction of sp³-hybridized carbons (Fsp3) is 0.292. The van der Waals surface area contributed by atoms with Gasteiger partial charge in [-0.25, -0.2) is 4.39 Å². The maximum absolute atomic E-state index is 14.7. The number of Topliss-reactive ketones (excluding diaryl/α,β-unsaturated/α-hetero) is 1. The molecular formula is C24H24FN3O4. The quantitative estimate of drug-likeness (QED) is 0.640. The Kier molecular flexibility index (Phi) is 5.94. The summed E-state index contributed by atoms with van der Waals surface area (Å²) < 4.78 is 25.9. The van der Waals surface area contributed by atoms with E-state index in [0.29, 0.717) is 40.2 Å². The summed E-state index contributed by atoms with van der Waals surface area (Å²) in [4.78, 5) is 26.8. The number of H-pyrrole nitrogens is 1. The van der Waals surface area contributed by atoms with Crippen molar-refractivity contribution >= 4 is 11.7 Å². The number of methoxy groups -OCH3 is 1. The van der Waals surface area contributed by atoms with Gasteiger partial charge in [-0.2, -0.15) is 5.10 Å². The number of nitrogens with zero attached hydrogens (tertiary/aromatic N) is 2. The van der Waals surface area contributed by atoms with Crippen LogP contribution in [0.5, 0.6) is 11.5 Å². The molecule has 1 aliphatic rings. The number of aromatic nitrogens is 2. The van der Waals surface area contributed by atoms with Crippen LogP contribution in [0.3, 0.4) is 0 Å². The van der Waals surface area contributed by atoms with Gasteiger partial charge in [0.05, 0.1) is 25.8 Å². The summed E-state index contributed by atoms with van der Waals surface area (Å²) in [5, 5.41) is 6.51. The molecule has 4 rings (SSSR count). The van der Waals surface area contributed by atoms with Gasteiger partial charge in [0.15, 0.2) is 0 Å². The molecule has 1 unspecified atom stereocenters. The molecule has 1 N–H and O–H groups in total. The molecule has 3 aromatic rings. The molecule has 2 heterocycles. The number of hydrogen-bond acceptors (Lipinski definition) is 5. The minimum atomic E-state index is -0.452. The predicted octanol–water partition coefficient (Wildman–Crippen LogP) is 3.29. The average Bonchev–Trinajstić information content (AvgIpc) is 3.32. The number of halogens is 1. The van der Waals surface area contributed by atoms with Crippen molar-refractivity contribution in [3.63, 3.8) is 0 Å². The number of benzene rings is 2. The molecule has 7 nitrogen and oxygen atoms in total. The average molecular weight is 437 g/mol. The lowest BCUT2D eigenvalue weighted by molar-refractivity contribution is -0.123. The van der Waals surface area contributed by atoms with Gasteiger partial charge in [0.25, 0.3) is 5.91 Å². The smallest absolute Gasteiger partial charge is 0.253 e. The first-order valence-electron chi connectivity index (χ1n) is 10.2. The van der Waals surface area contributed by atoms with E-state index < -0.39 is 11.7 Å². The van der Waals surface area contributed by atoms with Crippen LogP contribution in [-0.2, 0) is 17.6 Å². The number of amides is 1. The van der Waals surface area contributed by atoms with Crippen molar-refractivity contribution < 1.29 is 23.5 Å². The summed E-state index contributed by atoms with van der Waals surface area (Å²) in [5.41, 5.74) is 2.78. The van der Waals surface area contributed by atoms with Gasteiger partial charge in [0.2, 0.25) is 0 Å². The van der Waals surface area contributed by atoms with E-state index in [9.17, 15) is 14.0 Å². The van der Waals surface area contributed by atoms with Crippen molar-refractivity contribution in [3.8, 4) is 22.6 Å². The largest absolute Gasteiger partial charge is 0.496 e. The van der Waals surface area contributed by atoms with E-state index in [-0.39, 0.29) is 24.7 Å². The molecular weight excluding hydrogens is 413 g/mol. The second-order valence-electron chi connectivity index (χ2n) is 8.01. The summed E-state index contributed by atoms with van der Waals surface area (Å²) in [6, 6.07) is 8.18. The number of rotatable bonds is 6. The van der Waals surface area contributed by atoms with Crippen molar-refractivity contribution in [3.05, 3.63) is 65.2 Å². The normalized spacial score (nSPS) is 14.9. The summed E-state index contributed by atoms with van der Waals surface area (Å²) in [5.74, 6) is 0.0814. The fourth-order valence-electron chi connectivity index (χ4n) is 3.87. The Morgan fingerprint density at radius 3 is 2.78 bits per heavy atom. The van der Waals surface area contributed by atoms with Gasteiger partial charge in [-0.05, 0) is 42.3 Å². The molecule has 0 spiro atoms. The molecule has 1 atom stereocenters. The lowest BCUT2D eigenvalue weighted by Gasteiger charge is -2.25. The highest BCUT2D eigenvalue weighted by Crippen LogP contribution is 2.33. The lowest BCUT2D eigenvalue weighted by atomic mass is 9.89. The first kappa shape index (κ1) is 21.5. The standard InChI is InChI=1S/C24H24FN3O4/c1-28(2)24(30)14-4-5-22-15(6-14)7-17(13-32-22)21(29)9-16-8-20(25)19(10-23(16)31-3)18-11-26-27-12-18/h4-6,8,10-12,17H,7,9,13H2,1-3H3,(H,26,27). The molecule has 0 fully saturated rings. The highest BCUT2D eigenvalue weighted by Gasteiger charge is 2.28. The van der Waals surface area contributed by atoms with Gasteiger partial charge < -0.3 is 14.4 Å². The Hall–Kier alpha value is -3.68. The molecule has 0 bridgehead atoms. The van der Waals surface area contributed by atoms with Crippen molar-refractivity contribution in [1.82, 2.24) is 15.1 Å². The Morgan fingerprint density at radius 2 is 2.09 bits per heavy atom. The lowest BCUT2D eigenvalue weighted by Crippen LogP contribution is -2.30. The van der Waals surface area contributed by atoms with Crippen molar-refractivity contribution in [1.29, 1.82) is 0 Å². The van der Waals surface area contributed by atoms with Gasteiger partial charge >= 0.3 is 0 Å². The molecule has 0 saturated carbocycles. The Balaban J connectivity index is 1.53. The maximum atomic E-state index is 14.7. The summed E-state index contributed by atoms with van der Waals surface area (Å²) in [6.07, 6.45) is 3.59. The minimum absolute atomic E-state index is 0.0193. The molecule has 1 aliphatic heterocycles. The van der Waals surface area contributed by atoms with Gasteiger partial charge in [-0.3, -0.25) is 14.7 Å². The molecule has 8 heteroatoms. The van der Waals surface area contributed by atoms with E-state index >= 15 is 0 Å². The minimum Gasteiger partial charge on any atom is -0.496 e. The molecule has 1 aromatic heterocycles. The Bertz CT molecular complexity index is 1160. The molecule has 2 aromatic carbocycles. The van der Waals surface area contributed by atoms with Crippen LogP contribution >= 0.6 is 0 Å². The fourth-order valence-corrected chi connectivity index (χ4v) is 3.87. The third-order valence-electron chi connectivity index (χ3n) is 5.62. The van der Waals surface area contributed by atoms with E-state index in [4.69, 9.17) is 9.47 Å². The van der Waals surface area contributed by atoms with E-state index in [1.165, 1.54) is 24.3 Å². The first-order valence-corrected chi connectivity index (χ1v) is 10.2. The molecule has 32 heavy (non-hydrogen) atoms. The zero-order valence-electron chi connectivity index (χ0n) is 18.1. The number of carbonyl (C=O) groups is 2. The summed E-state index contributed by atoms with van der Waals surface area (Å²) >= 11 is 0. The third-order valence-corrected chi connectivity index (χ3v) is 5.62. The number of aromatic amines is 1. The zero-order chi connectivity index (χ0) is 22.8. The molecule has 0 aliphatic carbocycles. The number of ketones is 1. The van der Waals surface area contributed by atoms with Crippen LogP contribution in [0, 0.1) is 11.7 Å².